The van der Waals surface area contributed by atoms with Crippen LogP contribution in [0, 0.1) is 5.82 Å². The predicted octanol–water partition coefficient (Wildman–Crippen LogP) is 2.46. The molecule has 7 heteroatoms. The summed E-state index contributed by atoms with van der Waals surface area (Å²) < 4.78 is 19.0. The van der Waals surface area contributed by atoms with Gasteiger partial charge in [0.05, 0.1) is 11.7 Å². The van der Waals surface area contributed by atoms with Crippen molar-refractivity contribution < 1.29 is 13.9 Å². The monoisotopic (exact) mass is 316 g/mol. The molecule has 2 N–H and O–H groups in total. The van der Waals surface area contributed by atoms with Crippen molar-refractivity contribution in [3.05, 3.63) is 47.8 Å². The topological polar surface area (TPSA) is 76.1 Å². The minimum absolute atomic E-state index is 0.0325. The summed E-state index contributed by atoms with van der Waals surface area (Å²) >= 11 is 0. The van der Waals surface area contributed by atoms with Crippen molar-refractivity contribution in [3.8, 4) is 0 Å². The molecular formula is C16H17FN4O2. The molecule has 1 unspecified atom stereocenters. The lowest BCUT2D eigenvalue weighted by molar-refractivity contribution is 0.102. The van der Waals surface area contributed by atoms with E-state index in [-0.39, 0.29) is 17.5 Å². The Kier molecular flexibility index (Phi) is 4.77. The van der Waals surface area contributed by atoms with Crippen molar-refractivity contribution in [2.45, 2.75) is 18.9 Å². The molecule has 2 aromatic rings. The maximum Gasteiger partial charge on any atom is 0.259 e. The van der Waals surface area contributed by atoms with Gasteiger partial charge in [0.25, 0.3) is 5.91 Å². The summed E-state index contributed by atoms with van der Waals surface area (Å²) in [6.45, 7) is 1.48. The van der Waals surface area contributed by atoms with Crippen LogP contribution in [0.5, 0.6) is 0 Å². The van der Waals surface area contributed by atoms with E-state index in [1.807, 2.05) is 0 Å². The molecule has 0 saturated carbocycles. The van der Waals surface area contributed by atoms with E-state index < -0.39 is 11.7 Å². The zero-order valence-corrected chi connectivity index (χ0v) is 12.5. The van der Waals surface area contributed by atoms with Gasteiger partial charge in [-0.2, -0.15) is 0 Å². The average Bonchev–Trinajstić information content (AvgIpc) is 3.08. The van der Waals surface area contributed by atoms with E-state index in [2.05, 4.69) is 20.8 Å². The number of hydrogen-bond donors (Lipinski definition) is 2. The Morgan fingerprint density at radius 2 is 2.00 bits per heavy atom. The van der Waals surface area contributed by atoms with Crippen molar-refractivity contribution in [1.82, 2.24) is 10.2 Å². The molecule has 1 saturated heterocycles. The van der Waals surface area contributed by atoms with Gasteiger partial charge in [-0.15, -0.1) is 10.2 Å². The van der Waals surface area contributed by atoms with Crippen molar-refractivity contribution in [2.24, 2.45) is 0 Å². The van der Waals surface area contributed by atoms with Crippen LogP contribution in [0.3, 0.4) is 0 Å². The first-order valence-electron chi connectivity index (χ1n) is 7.47. The summed E-state index contributed by atoms with van der Waals surface area (Å²) in [5, 5.41) is 13.6. The first kappa shape index (κ1) is 15.4. The molecule has 2 heterocycles. The van der Waals surface area contributed by atoms with Crippen LogP contribution in [0.4, 0.5) is 16.0 Å². The number of hydrogen-bond acceptors (Lipinski definition) is 5. The number of ether oxygens (including phenoxy) is 1. The fraction of sp³-hybridized carbons (Fsp3) is 0.312. The molecule has 3 rings (SSSR count). The largest absolute Gasteiger partial charge is 0.376 e. The van der Waals surface area contributed by atoms with Gasteiger partial charge in [-0.05, 0) is 37.1 Å². The Morgan fingerprint density at radius 3 is 2.70 bits per heavy atom. The number of nitrogens with one attached hydrogen (secondary N) is 2. The summed E-state index contributed by atoms with van der Waals surface area (Å²) in [6, 6.07) is 9.10. The molecule has 120 valence electrons. The average molecular weight is 316 g/mol. The van der Waals surface area contributed by atoms with E-state index in [9.17, 15) is 9.18 Å². The normalized spacial score (nSPS) is 17.0. The quantitative estimate of drug-likeness (QED) is 0.886. The number of carbonyl (C=O) groups is 1. The molecule has 1 atom stereocenters. The van der Waals surface area contributed by atoms with E-state index in [1.54, 1.807) is 18.2 Å². The third-order valence-corrected chi connectivity index (χ3v) is 3.56. The Hall–Kier alpha value is -2.54. The number of nitrogens with zero attached hydrogens (tertiary/aromatic N) is 2. The Labute approximate surface area is 133 Å². The first-order valence-corrected chi connectivity index (χ1v) is 7.47. The minimum Gasteiger partial charge on any atom is -0.376 e. The molecule has 0 aliphatic carbocycles. The Morgan fingerprint density at radius 1 is 1.22 bits per heavy atom. The summed E-state index contributed by atoms with van der Waals surface area (Å²) in [4.78, 5) is 12.0. The second-order valence-electron chi connectivity index (χ2n) is 5.25. The van der Waals surface area contributed by atoms with E-state index in [4.69, 9.17) is 4.74 Å². The van der Waals surface area contributed by atoms with Crippen LogP contribution in [0.25, 0.3) is 0 Å². The van der Waals surface area contributed by atoms with Gasteiger partial charge in [0, 0.05) is 13.2 Å². The van der Waals surface area contributed by atoms with Gasteiger partial charge in [0.1, 0.15) is 11.6 Å². The third kappa shape index (κ3) is 4.01. The molecular weight excluding hydrogens is 299 g/mol. The number of benzene rings is 1. The lowest BCUT2D eigenvalue weighted by atomic mass is 10.2. The molecule has 1 fully saturated rings. The van der Waals surface area contributed by atoms with Crippen molar-refractivity contribution in [1.29, 1.82) is 0 Å². The van der Waals surface area contributed by atoms with Crippen LogP contribution in [-0.4, -0.2) is 35.4 Å². The van der Waals surface area contributed by atoms with E-state index >= 15 is 0 Å². The van der Waals surface area contributed by atoms with Gasteiger partial charge < -0.3 is 15.4 Å². The molecule has 0 spiro atoms. The van der Waals surface area contributed by atoms with E-state index in [0.717, 1.165) is 19.4 Å². The molecule has 1 amide bonds. The summed E-state index contributed by atoms with van der Waals surface area (Å²) in [5.41, 5.74) is -0.0325. The lowest BCUT2D eigenvalue weighted by Gasteiger charge is -2.11. The van der Waals surface area contributed by atoms with Crippen molar-refractivity contribution in [3.63, 3.8) is 0 Å². The van der Waals surface area contributed by atoms with Gasteiger partial charge in [0.2, 0.25) is 0 Å². The van der Waals surface area contributed by atoms with Crippen molar-refractivity contribution >= 4 is 17.5 Å². The number of anilines is 2. The standard InChI is InChI=1S/C16H17FN4O2/c17-13-6-2-1-5-12(13)16(22)19-15-8-7-14(20-21-15)18-10-11-4-3-9-23-11/h1-2,5-8,11H,3-4,9-10H2,(H,18,20)(H,19,21,22). The fourth-order valence-electron chi connectivity index (χ4n) is 2.35. The second kappa shape index (κ2) is 7.15. The number of aromatic nitrogens is 2. The van der Waals surface area contributed by atoms with Crippen molar-refractivity contribution in [2.75, 3.05) is 23.8 Å². The molecule has 1 aromatic carbocycles. The molecule has 1 aliphatic heterocycles. The highest BCUT2D eigenvalue weighted by molar-refractivity contribution is 6.03. The number of amides is 1. The first-order chi connectivity index (χ1) is 11.2. The van der Waals surface area contributed by atoms with Crippen LogP contribution >= 0.6 is 0 Å². The molecule has 0 bridgehead atoms. The molecule has 23 heavy (non-hydrogen) atoms. The Balaban J connectivity index is 1.56. The SMILES string of the molecule is O=C(Nc1ccc(NCC2CCCO2)nn1)c1ccccc1F. The van der Waals surface area contributed by atoms with Gasteiger partial charge in [0.15, 0.2) is 5.82 Å². The highest BCUT2D eigenvalue weighted by Gasteiger charge is 2.15. The van der Waals surface area contributed by atoms with Crippen LogP contribution in [0.15, 0.2) is 36.4 Å². The van der Waals surface area contributed by atoms with Crippen LogP contribution < -0.4 is 10.6 Å². The van der Waals surface area contributed by atoms with Gasteiger partial charge in [-0.1, -0.05) is 12.1 Å². The molecule has 6 nitrogen and oxygen atoms in total. The molecule has 1 aliphatic rings. The van der Waals surface area contributed by atoms with Crippen LogP contribution in [0.1, 0.15) is 23.2 Å². The molecule has 0 radical (unpaired) electrons. The zero-order valence-electron chi connectivity index (χ0n) is 12.5. The third-order valence-electron chi connectivity index (χ3n) is 3.56. The highest BCUT2D eigenvalue weighted by Crippen LogP contribution is 2.14. The van der Waals surface area contributed by atoms with Gasteiger partial charge in [-0.3, -0.25) is 4.79 Å². The maximum absolute atomic E-state index is 13.5. The predicted molar refractivity (Wildman–Crippen MR) is 83.8 cm³/mol. The fourth-order valence-corrected chi connectivity index (χ4v) is 2.35. The number of halogens is 1. The maximum atomic E-state index is 13.5. The van der Waals surface area contributed by atoms with Crippen LogP contribution in [-0.2, 0) is 4.74 Å². The van der Waals surface area contributed by atoms with Crippen LogP contribution in [0.2, 0.25) is 0 Å². The van der Waals surface area contributed by atoms with E-state index in [0.29, 0.717) is 12.4 Å². The van der Waals surface area contributed by atoms with Gasteiger partial charge in [-0.25, -0.2) is 4.39 Å². The zero-order chi connectivity index (χ0) is 16.1. The molecule has 1 aromatic heterocycles. The van der Waals surface area contributed by atoms with E-state index in [1.165, 1.54) is 18.2 Å². The summed E-state index contributed by atoms with van der Waals surface area (Å²) in [5.74, 6) is -0.268. The minimum atomic E-state index is -0.576. The number of carbonyl (C=O) groups excluding carboxylic acids is 1. The van der Waals surface area contributed by atoms with Gasteiger partial charge >= 0.3 is 0 Å². The highest BCUT2D eigenvalue weighted by atomic mass is 19.1. The summed E-state index contributed by atoms with van der Waals surface area (Å²) in [7, 11) is 0. The summed E-state index contributed by atoms with van der Waals surface area (Å²) in [6.07, 6.45) is 2.33. The second-order valence-corrected chi connectivity index (χ2v) is 5.25. The Bertz CT molecular complexity index is 672. The number of rotatable bonds is 5. The lowest BCUT2D eigenvalue weighted by Crippen LogP contribution is -2.19. The smallest absolute Gasteiger partial charge is 0.259 e.